The zero-order valence-corrected chi connectivity index (χ0v) is 11.3. The van der Waals surface area contributed by atoms with E-state index < -0.39 is 5.01 Å². The van der Waals surface area contributed by atoms with E-state index in [1.54, 1.807) is 12.1 Å². The first-order chi connectivity index (χ1) is 8.77. The highest BCUT2D eigenvalue weighted by atomic mass is 79.9. The third-order valence-electron chi connectivity index (χ3n) is 2.50. The SMILES string of the molecule is O=C(c1ccccc1)[C@H](Br)OCc1ccccc1. The molecule has 0 fully saturated rings. The van der Waals surface area contributed by atoms with Crippen molar-refractivity contribution in [2.75, 3.05) is 0 Å². The maximum Gasteiger partial charge on any atom is 0.202 e. The van der Waals surface area contributed by atoms with Crippen LogP contribution >= 0.6 is 15.9 Å². The zero-order valence-electron chi connectivity index (χ0n) is 9.75. The predicted octanol–water partition coefficient (Wildman–Crippen LogP) is 3.81. The van der Waals surface area contributed by atoms with Gasteiger partial charge in [0.2, 0.25) is 5.78 Å². The lowest BCUT2D eigenvalue weighted by molar-refractivity contribution is 0.0652. The molecule has 0 aliphatic heterocycles. The van der Waals surface area contributed by atoms with E-state index >= 15 is 0 Å². The summed E-state index contributed by atoms with van der Waals surface area (Å²) < 4.78 is 5.51. The van der Waals surface area contributed by atoms with Gasteiger partial charge in [-0.2, -0.15) is 0 Å². The van der Waals surface area contributed by atoms with Crippen LogP contribution in [-0.2, 0) is 11.3 Å². The van der Waals surface area contributed by atoms with Crippen molar-refractivity contribution >= 4 is 21.7 Å². The largest absolute Gasteiger partial charge is 0.354 e. The van der Waals surface area contributed by atoms with Crippen LogP contribution in [-0.4, -0.2) is 10.8 Å². The normalized spacial score (nSPS) is 12.1. The number of carbonyl (C=O) groups is 1. The van der Waals surface area contributed by atoms with Crippen LogP contribution in [0.3, 0.4) is 0 Å². The monoisotopic (exact) mass is 304 g/mol. The van der Waals surface area contributed by atoms with Gasteiger partial charge in [-0.05, 0) is 21.5 Å². The van der Waals surface area contributed by atoms with Gasteiger partial charge in [0.25, 0.3) is 0 Å². The van der Waals surface area contributed by atoms with E-state index in [9.17, 15) is 4.79 Å². The molecule has 0 amide bonds. The highest BCUT2D eigenvalue weighted by Crippen LogP contribution is 2.13. The van der Waals surface area contributed by atoms with E-state index in [2.05, 4.69) is 15.9 Å². The Hall–Kier alpha value is -1.45. The molecule has 0 aromatic heterocycles. The summed E-state index contributed by atoms with van der Waals surface area (Å²) in [7, 11) is 0. The molecule has 2 nitrogen and oxygen atoms in total. The number of ether oxygens (including phenoxy) is 1. The van der Waals surface area contributed by atoms with Crippen molar-refractivity contribution in [3.8, 4) is 0 Å². The first-order valence-corrected chi connectivity index (χ1v) is 6.58. The van der Waals surface area contributed by atoms with Gasteiger partial charge in [-0.3, -0.25) is 4.79 Å². The molecule has 1 atom stereocenters. The summed E-state index contributed by atoms with van der Waals surface area (Å²) in [6, 6.07) is 18.9. The molecule has 0 saturated carbocycles. The van der Waals surface area contributed by atoms with Crippen LogP contribution in [0, 0.1) is 0 Å². The average Bonchev–Trinajstić information content (AvgIpc) is 2.46. The molecule has 0 spiro atoms. The molecule has 0 aliphatic carbocycles. The molecule has 0 saturated heterocycles. The average molecular weight is 305 g/mol. The minimum absolute atomic E-state index is 0.0634. The Morgan fingerprint density at radius 2 is 1.56 bits per heavy atom. The fraction of sp³-hybridized carbons (Fsp3) is 0.133. The van der Waals surface area contributed by atoms with Gasteiger partial charge in [-0.1, -0.05) is 60.7 Å². The quantitative estimate of drug-likeness (QED) is 0.620. The van der Waals surface area contributed by atoms with Crippen LogP contribution in [0.2, 0.25) is 0 Å². The first kappa shape index (κ1) is 13.0. The van der Waals surface area contributed by atoms with E-state index in [4.69, 9.17) is 4.74 Å². The Labute approximate surface area is 115 Å². The number of ketones is 1. The molecule has 2 rings (SSSR count). The summed E-state index contributed by atoms with van der Waals surface area (Å²) in [6.07, 6.45) is 0. The number of Topliss-reactive ketones (excluding diaryl/α,β-unsaturated/α-hetero) is 1. The molecule has 18 heavy (non-hydrogen) atoms. The summed E-state index contributed by atoms with van der Waals surface area (Å²) in [4.78, 5) is 12.0. The Balaban J connectivity index is 1.93. The van der Waals surface area contributed by atoms with Gasteiger partial charge in [0, 0.05) is 5.56 Å². The number of benzene rings is 2. The maximum atomic E-state index is 12.0. The van der Waals surface area contributed by atoms with E-state index in [-0.39, 0.29) is 5.78 Å². The van der Waals surface area contributed by atoms with Gasteiger partial charge < -0.3 is 4.74 Å². The summed E-state index contributed by atoms with van der Waals surface area (Å²) in [5.41, 5.74) is 1.69. The molecule has 92 valence electrons. The fourth-order valence-corrected chi connectivity index (χ4v) is 1.95. The van der Waals surface area contributed by atoms with Gasteiger partial charge in [-0.25, -0.2) is 0 Å². The molecule has 2 aromatic carbocycles. The Kier molecular flexibility index (Phi) is 4.67. The molecule has 0 radical (unpaired) electrons. The minimum Gasteiger partial charge on any atom is -0.354 e. The Morgan fingerprint density at radius 1 is 1.00 bits per heavy atom. The third kappa shape index (κ3) is 3.52. The second-order valence-corrected chi connectivity index (χ2v) is 4.67. The zero-order chi connectivity index (χ0) is 12.8. The molecular formula is C15H13BrO2. The lowest BCUT2D eigenvalue weighted by atomic mass is 10.1. The van der Waals surface area contributed by atoms with Crippen LogP contribution in [0.1, 0.15) is 15.9 Å². The molecule has 0 aliphatic rings. The summed E-state index contributed by atoms with van der Waals surface area (Å²) in [6.45, 7) is 0.412. The lowest BCUT2D eigenvalue weighted by Crippen LogP contribution is -2.17. The molecule has 0 N–H and O–H groups in total. The van der Waals surface area contributed by atoms with Crippen molar-refractivity contribution < 1.29 is 9.53 Å². The number of rotatable bonds is 5. The second-order valence-electron chi connectivity index (χ2n) is 3.84. The maximum absolute atomic E-state index is 12.0. The van der Waals surface area contributed by atoms with Crippen LogP contribution in [0.25, 0.3) is 0 Å². The Morgan fingerprint density at radius 3 is 2.17 bits per heavy atom. The van der Waals surface area contributed by atoms with Gasteiger partial charge in [0.1, 0.15) is 0 Å². The second kappa shape index (κ2) is 6.47. The van der Waals surface area contributed by atoms with E-state index in [1.165, 1.54) is 0 Å². The van der Waals surface area contributed by atoms with Crippen LogP contribution in [0.5, 0.6) is 0 Å². The van der Waals surface area contributed by atoms with Gasteiger partial charge >= 0.3 is 0 Å². The highest BCUT2D eigenvalue weighted by Gasteiger charge is 2.16. The van der Waals surface area contributed by atoms with Crippen molar-refractivity contribution in [3.05, 3.63) is 71.8 Å². The fourth-order valence-electron chi connectivity index (χ4n) is 1.55. The predicted molar refractivity (Wildman–Crippen MR) is 74.7 cm³/mol. The van der Waals surface area contributed by atoms with Crippen LogP contribution < -0.4 is 0 Å². The van der Waals surface area contributed by atoms with Crippen molar-refractivity contribution in [1.82, 2.24) is 0 Å². The van der Waals surface area contributed by atoms with Gasteiger partial charge in [0.15, 0.2) is 5.01 Å². The van der Waals surface area contributed by atoms with E-state index in [0.717, 1.165) is 5.56 Å². The summed E-state index contributed by atoms with van der Waals surface area (Å²) >= 11 is 3.27. The number of carbonyl (C=O) groups excluding carboxylic acids is 1. The smallest absolute Gasteiger partial charge is 0.202 e. The molecule has 0 heterocycles. The number of alkyl halides is 1. The summed E-state index contributed by atoms with van der Waals surface area (Å²) in [5.74, 6) is -0.0634. The lowest BCUT2D eigenvalue weighted by Gasteiger charge is -2.10. The number of hydrogen-bond donors (Lipinski definition) is 0. The van der Waals surface area contributed by atoms with Crippen LogP contribution in [0.15, 0.2) is 60.7 Å². The first-order valence-electron chi connectivity index (χ1n) is 5.66. The van der Waals surface area contributed by atoms with Crippen molar-refractivity contribution in [1.29, 1.82) is 0 Å². The minimum atomic E-state index is -0.611. The highest BCUT2D eigenvalue weighted by molar-refractivity contribution is 9.09. The molecular weight excluding hydrogens is 292 g/mol. The molecule has 2 aromatic rings. The Bertz CT molecular complexity index is 496. The summed E-state index contributed by atoms with van der Waals surface area (Å²) in [5, 5.41) is -0.611. The van der Waals surface area contributed by atoms with Gasteiger partial charge in [-0.15, -0.1) is 0 Å². The van der Waals surface area contributed by atoms with Crippen molar-refractivity contribution in [2.24, 2.45) is 0 Å². The third-order valence-corrected chi connectivity index (χ3v) is 3.18. The molecule has 0 bridgehead atoms. The van der Waals surface area contributed by atoms with E-state index in [0.29, 0.717) is 12.2 Å². The van der Waals surface area contributed by atoms with Gasteiger partial charge in [0.05, 0.1) is 6.61 Å². The number of hydrogen-bond acceptors (Lipinski definition) is 2. The van der Waals surface area contributed by atoms with Crippen molar-refractivity contribution in [3.63, 3.8) is 0 Å². The molecule has 3 heteroatoms. The van der Waals surface area contributed by atoms with Crippen molar-refractivity contribution in [2.45, 2.75) is 11.6 Å². The topological polar surface area (TPSA) is 26.3 Å². The van der Waals surface area contributed by atoms with Crippen LogP contribution in [0.4, 0.5) is 0 Å². The number of halogens is 1. The van der Waals surface area contributed by atoms with E-state index in [1.807, 2.05) is 48.5 Å². The molecule has 0 unspecified atom stereocenters. The standard InChI is InChI=1S/C15H13BrO2/c16-15(14(17)13-9-5-2-6-10-13)18-11-12-7-3-1-4-8-12/h1-10,15H,11H2/t15-/m1/s1.